The summed E-state index contributed by atoms with van der Waals surface area (Å²) < 4.78 is 40.1. The molecule has 1 aliphatic heterocycles. The molecule has 3 aromatic rings. The van der Waals surface area contributed by atoms with Gasteiger partial charge in [-0.3, -0.25) is 0 Å². The number of sulfonamides is 1. The molecule has 0 aliphatic carbocycles. The van der Waals surface area contributed by atoms with Crippen LogP contribution < -0.4 is 9.47 Å². The highest BCUT2D eigenvalue weighted by Gasteiger charge is 2.32. The number of aryl methyl sites for hydroxylation is 2. The molecule has 1 aliphatic rings. The molecule has 2 heterocycles. The van der Waals surface area contributed by atoms with E-state index < -0.39 is 10.0 Å². The Bertz CT molecular complexity index is 1090. The Morgan fingerprint density at radius 3 is 2.45 bits per heavy atom. The van der Waals surface area contributed by atoms with Crippen LogP contribution >= 0.6 is 11.3 Å². The van der Waals surface area contributed by atoms with E-state index in [2.05, 4.69) is 24.0 Å². The van der Waals surface area contributed by atoms with Crippen LogP contribution in [0.15, 0.2) is 41.3 Å². The normalized spacial score (nSPS) is 16.2. The van der Waals surface area contributed by atoms with Gasteiger partial charge in [0.25, 0.3) is 5.19 Å². The number of hydrogen-bond donors (Lipinski definition) is 0. The number of piperidine rings is 1. The van der Waals surface area contributed by atoms with Crippen molar-refractivity contribution < 1.29 is 17.9 Å². The molecule has 0 atom stereocenters. The van der Waals surface area contributed by atoms with Crippen molar-refractivity contribution in [2.75, 3.05) is 20.2 Å². The highest BCUT2D eigenvalue weighted by atomic mass is 32.2. The number of fused-ring (bicyclic) bond motifs is 1. The molecule has 4 rings (SSSR count). The van der Waals surface area contributed by atoms with E-state index in [4.69, 9.17) is 9.47 Å². The summed E-state index contributed by atoms with van der Waals surface area (Å²) in [5.74, 6) is 0.367. The third-order valence-corrected chi connectivity index (χ3v) is 8.30. The SMILES string of the molecule is COc1ccccc1S(=O)(=O)N1CCC(Oc2nc3c(C)ccc(C)c3s2)CC1. The highest BCUT2D eigenvalue weighted by Crippen LogP contribution is 2.34. The Morgan fingerprint density at radius 1 is 1.07 bits per heavy atom. The molecule has 0 amide bonds. The van der Waals surface area contributed by atoms with Crippen LogP contribution in [0.3, 0.4) is 0 Å². The lowest BCUT2D eigenvalue weighted by molar-refractivity contribution is 0.135. The number of thiazole rings is 1. The first-order valence-electron chi connectivity index (χ1n) is 9.56. The number of methoxy groups -OCH3 is 1. The van der Waals surface area contributed by atoms with Crippen LogP contribution in [0.25, 0.3) is 10.2 Å². The summed E-state index contributed by atoms with van der Waals surface area (Å²) in [4.78, 5) is 4.86. The van der Waals surface area contributed by atoms with Gasteiger partial charge < -0.3 is 9.47 Å². The molecule has 1 fully saturated rings. The molecule has 0 N–H and O–H groups in total. The van der Waals surface area contributed by atoms with Crippen molar-refractivity contribution in [2.24, 2.45) is 0 Å². The lowest BCUT2D eigenvalue weighted by Crippen LogP contribution is -2.41. The standard InChI is InChI=1S/C21H24N2O4S2/c1-14-8-9-15(2)20-19(14)22-21(28-20)27-16-10-12-23(13-11-16)29(24,25)18-7-5-4-6-17(18)26-3/h4-9,16H,10-13H2,1-3H3. The second kappa shape index (κ2) is 7.93. The molecule has 29 heavy (non-hydrogen) atoms. The maximum absolute atomic E-state index is 13.0. The van der Waals surface area contributed by atoms with Crippen LogP contribution in [0.1, 0.15) is 24.0 Å². The van der Waals surface area contributed by atoms with Crippen LogP contribution in [-0.4, -0.2) is 44.0 Å². The monoisotopic (exact) mass is 432 g/mol. The average molecular weight is 433 g/mol. The van der Waals surface area contributed by atoms with Gasteiger partial charge in [0.15, 0.2) is 0 Å². The number of para-hydroxylation sites is 1. The van der Waals surface area contributed by atoms with Crippen molar-refractivity contribution in [1.29, 1.82) is 0 Å². The Morgan fingerprint density at radius 2 is 1.76 bits per heavy atom. The van der Waals surface area contributed by atoms with Crippen molar-refractivity contribution in [2.45, 2.75) is 37.7 Å². The maximum atomic E-state index is 13.0. The van der Waals surface area contributed by atoms with Crippen molar-refractivity contribution in [3.05, 3.63) is 47.5 Å². The lowest BCUT2D eigenvalue weighted by Gasteiger charge is -2.31. The van der Waals surface area contributed by atoms with Gasteiger partial charge in [0.05, 0.1) is 17.3 Å². The molecule has 0 saturated carbocycles. The Balaban J connectivity index is 1.46. The molecule has 0 bridgehead atoms. The minimum Gasteiger partial charge on any atom is -0.495 e. The van der Waals surface area contributed by atoms with Crippen molar-refractivity contribution in [1.82, 2.24) is 9.29 Å². The van der Waals surface area contributed by atoms with Gasteiger partial charge in [-0.2, -0.15) is 4.31 Å². The first-order valence-corrected chi connectivity index (χ1v) is 11.8. The van der Waals surface area contributed by atoms with Crippen LogP contribution in [-0.2, 0) is 10.0 Å². The summed E-state index contributed by atoms with van der Waals surface area (Å²) in [6, 6.07) is 10.9. The maximum Gasteiger partial charge on any atom is 0.274 e. The van der Waals surface area contributed by atoms with Gasteiger partial charge in [-0.25, -0.2) is 13.4 Å². The van der Waals surface area contributed by atoms with Gasteiger partial charge in [0.1, 0.15) is 16.7 Å². The number of rotatable bonds is 5. The fourth-order valence-electron chi connectivity index (χ4n) is 3.59. The van der Waals surface area contributed by atoms with Crippen molar-refractivity contribution >= 4 is 31.6 Å². The second-order valence-electron chi connectivity index (χ2n) is 7.23. The average Bonchev–Trinajstić information content (AvgIpc) is 3.16. The third kappa shape index (κ3) is 3.84. The lowest BCUT2D eigenvalue weighted by atomic mass is 10.1. The predicted molar refractivity (Wildman–Crippen MR) is 114 cm³/mol. The zero-order valence-corrected chi connectivity index (χ0v) is 18.3. The molecule has 8 heteroatoms. The Hall–Kier alpha value is -2.16. The fraction of sp³-hybridized carbons (Fsp3) is 0.381. The number of hydrogen-bond acceptors (Lipinski definition) is 6. The van der Waals surface area contributed by atoms with Gasteiger partial charge in [-0.15, -0.1) is 0 Å². The zero-order chi connectivity index (χ0) is 20.6. The molecule has 0 spiro atoms. The van der Waals surface area contributed by atoms with Crippen LogP contribution in [0.2, 0.25) is 0 Å². The zero-order valence-electron chi connectivity index (χ0n) is 16.7. The van der Waals surface area contributed by atoms with Crippen molar-refractivity contribution in [3.63, 3.8) is 0 Å². The molecule has 154 valence electrons. The van der Waals surface area contributed by atoms with Crippen molar-refractivity contribution in [3.8, 4) is 10.9 Å². The highest BCUT2D eigenvalue weighted by molar-refractivity contribution is 7.89. The number of aromatic nitrogens is 1. The Labute approximate surface area is 175 Å². The van der Waals surface area contributed by atoms with Gasteiger partial charge in [-0.05, 0) is 49.9 Å². The molecular weight excluding hydrogens is 408 g/mol. The minimum atomic E-state index is -3.59. The number of benzene rings is 2. The minimum absolute atomic E-state index is 0.0414. The molecular formula is C21H24N2O4S2. The van der Waals surface area contributed by atoms with Gasteiger partial charge >= 0.3 is 0 Å². The number of ether oxygens (including phenoxy) is 2. The molecule has 2 aromatic carbocycles. The summed E-state index contributed by atoms with van der Waals surface area (Å²) in [6.07, 6.45) is 1.21. The van der Waals surface area contributed by atoms with E-state index >= 15 is 0 Å². The molecule has 0 radical (unpaired) electrons. The summed E-state index contributed by atoms with van der Waals surface area (Å²) in [5.41, 5.74) is 3.31. The van der Waals surface area contributed by atoms with E-state index in [0.29, 0.717) is 36.9 Å². The first kappa shape index (κ1) is 20.1. The molecule has 0 unspecified atom stereocenters. The van der Waals surface area contributed by atoms with Gasteiger partial charge in [0.2, 0.25) is 10.0 Å². The van der Waals surface area contributed by atoms with Crippen LogP contribution in [0.4, 0.5) is 0 Å². The molecule has 6 nitrogen and oxygen atoms in total. The summed E-state index contributed by atoms with van der Waals surface area (Å²) in [5, 5.41) is 0.656. The number of nitrogens with zero attached hydrogens (tertiary/aromatic N) is 2. The summed E-state index contributed by atoms with van der Waals surface area (Å²) in [6.45, 7) is 4.94. The second-order valence-corrected chi connectivity index (χ2v) is 10.1. The van der Waals surface area contributed by atoms with E-state index in [1.807, 2.05) is 6.92 Å². The topological polar surface area (TPSA) is 68.7 Å². The smallest absolute Gasteiger partial charge is 0.274 e. The molecule has 1 aromatic heterocycles. The Kier molecular flexibility index (Phi) is 5.50. The van der Waals surface area contributed by atoms with Crippen LogP contribution in [0.5, 0.6) is 10.9 Å². The summed E-state index contributed by atoms with van der Waals surface area (Å²) >= 11 is 1.56. The summed E-state index contributed by atoms with van der Waals surface area (Å²) in [7, 11) is -2.11. The van der Waals surface area contributed by atoms with E-state index in [9.17, 15) is 8.42 Å². The fourth-order valence-corrected chi connectivity index (χ4v) is 6.25. The van der Waals surface area contributed by atoms with Gasteiger partial charge in [-0.1, -0.05) is 35.6 Å². The van der Waals surface area contributed by atoms with E-state index in [1.165, 1.54) is 17.0 Å². The van der Waals surface area contributed by atoms with E-state index in [0.717, 1.165) is 15.8 Å². The quantitative estimate of drug-likeness (QED) is 0.606. The molecule has 1 saturated heterocycles. The third-order valence-electron chi connectivity index (χ3n) is 5.28. The first-order chi connectivity index (χ1) is 13.9. The van der Waals surface area contributed by atoms with E-state index in [-0.39, 0.29) is 11.0 Å². The van der Waals surface area contributed by atoms with E-state index in [1.54, 1.807) is 35.6 Å². The predicted octanol–water partition coefficient (Wildman–Crippen LogP) is 4.15. The van der Waals surface area contributed by atoms with Crippen LogP contribution in [0, 0.1) is 13.8 Å². The largest absolute Gasteiger partial charge is 0.495 e. The van der Waals surface area contributed by atoms with Gasteiger partial charge in [0, 0.05) is 13.1 Å².